The Morgan fingerprint density at radius 2 is 2.00 bits per heavy atom. The molecule has 0 unspecified atom stereocenters. The number of benzene rings is 2. The zero-order valence-electron chi connectivity index (χ0n) is 16.8. The van der Waals surface area contributed by atoms with Crippen molar-refractivity contribution in [1.29, 1.82) is 0 Å². The Morgan fingerprint density at radius 3 is 2.76 bits per heavy atom. The quantitative estimate of drug-likeness (QED) is 0.439. The van der Waals surface area contributed by atoms with Gasteiger partial charge in [-0.25, -0.2) is 0 Å². The van der Waals surface area contributed by atoms with Gasteiger partial charge < -0.3 is 10.1 Å². The van der Waals surface area contributed by atoms with Crippen molar-refractivity contribution >= 4 is 23.4 Å². The minimum atomic E-state index is -0.0873. The summed E-state index contributed by atoms with van der Waals surface area (Å²) in [5.74, 6) is 1.54. The van der Waals surface area contributed by atoms with Crippen LogP contribution in [0.3, 0.4) is 0 Å². The number of carbonyl (C=O) groups excluding carboxylic acids is 1. The van der Waals surface area contributed by atoms with Crippen LogP contribution in [0.4, 0.5) is 5.69 Å². The SMILES string of the molecule is C=CCn1c(SCC(=O)Nc2cccc(C)c2C)nnc1-c1ccccc1OC. The molecule has 1 heterocycles. The van der Waals surface area contributed by atoms with E-state index in [1.807, 2.05) is 60.9 Å². The fourth-order valence-electron chi connectivity index (χ4n) is 2.92. The normalized spacial score (nSPS) is 10.6. The van der Waals surface area contributed by atoms with Crippen LogP contribution in [0.2, 0.25) is 0 Å². The average Bonchev–Trinajstić information content (AvgIpc) is 3.12. The number of hydrogen-bond donors (Lipinski definition) is 1. The van der Waals surface area contributed by atoms with Crippen molar-refractivity contribution in [3.63, 3.8) is 0 Å². The Labute approximate surface area is 175 Å². The number of allylic oxidation sites excluding steroid dienone is 1. The van der Waals surface area contributed by atoms with Crippen LogP contribution in [0.25, 0.3) is 11.4 Å². The van der Waals surface area contributed by atoms with E-state index in [1.165, 1.54) is 11.8 Å². The van der Waals surface area contributed by atoms with Crippen molar-refractivity contribution in [2.45, 2.75) is 25.5 Å². The van der Waals surface area contributed by atoms with Crippen molar-refractivity contribution in [2.75, 3.05) is 18.2 Å². The van der Waals surface area contributed by atoms with Gasteiger partial charge in [0.15, 0.2) is 11.0 Å². The van der Waals surface area contributed by atoms with E-state index in [2.05, 4.69) is 22.1 Å². The van der Waals surface area contributed by atoms with E-state index in [0.717, 1.165) is 28.1 Å². The van der Waals surface area contributed by atoms with Crippen LogP contribution in [0, 0.1) is 13.8 Å². The molecule has 29 heavy (non-hydrogen) atoms. The number of aromatic nitrogens is 3. The molecule has 1 amide bonds. The van der Waals surface area contributed by atoms with Crippen molar-refractivity contribution in [3.05, 3.63) is 66.2 Å². The summed E-state index contributed by atoms with van der Waals surface area (Å²) >= 11 is 1.34. The zero-order chi connectivity index (χ0) is 20.8. The molecular formula is C22H24N4O2S. The maximum Gasteiger partial charge on any atom is 0.234 e. The van der Waals surface area contributed by atoms with Gasteiger partial charge in [-0.2, -0.15) is 0 Å². The van der Waals surface area contributed by atoms with E-state index in [4.69, 9.17) is 4.74 Å². The molecule has 0 aliphatic heterocycles. The van der Waals surface area contributed by atoms with Gasteiger partial charge in [-0.1, -0.05) is 42.1 Å². The molecule has 0 saturated carbocycles. The average molecular weight is 409 g/mol. The first-order valence-corrected chi connectivity index (χ1v) is 10.2. The minimum Gasteiger partial charge on any atom is -0.496 e. The Balaban J connectivity index is 1.77. The summed E-state index contributed by atoms with van der Waals surface area (Å²) in [6, 6.07) is 13.5. The molecule has 0 spiro atoms. The number of aryl methyl sites for hydroxylation is 1. The van der Waals surface area contributed by atoms with Crippen LogP contribution in [-0.4, -0.2) is 33.5 Å². The maximum absolute atomic E-state index is 12.5. The first-order chi connectivity index (χ1) is 14.0. The van der Waals surface area contributed by atoms with Gasteiger partial charge in [-0.15, -0.1) is 16.8 Å². The van der Waals surface area contributed by atoms with Crippen LogP contribution in [0.5, 0.6) is 5.75 Å². The topological polar surface area (TPSA) is 69.0 Å². The lowest BCUT2D eigenvalue weighted by molar-refractivity contribution is -0.113. The molecule has 0 atom stereocenters. The molecule has 0 aliphatic carbocycles. The van der Waals surface area contributed by atoms with Crippen LogP contribution >= 0.6 is 11.8 Å². The Hall–Kier alpha value is -3.06. The number of amides is 1. The number of anilines is 1. The van der Waals surface area contributed by atoms with E-state index >= 15 is 0 Å². The number of methoxy groups -OCH3 is 1. The van der Waals surface area contributed by atoms with E-state index in [9.17, 15) is 4.79 Å². The third kappa shape index (κ3) is 4.68. The molecule has 3 aromatic rings. The zero-order valence-corrected chi connectivity index (χ0v) is 17.6. The highest BCUT2D eigenvalue weighted by Crippen LogP contribution is 2.31. The maximum atomic E-state index is 12.5. The van der Waals surface area contributed by atoms with Crippen molar-refractivity contribution in [2.24, 2.45) is 0 Å². The number of thioether (sulfide) groups is 1. The molecule has 0 bridgehead atoms. The standard InChI is InChI=1S/C22H24N4O2S/c1-5-13-26-21(17-10-6-7-12-19(17)28-4)24-25-22(26)29-14-20(27)23-18-11-8-9-15(2)16(18)3/h5-12H,1,13-14H2,2-4H3,(H,23,27). The van der Waals surface area contributed by atoms with Crippen LogP contribution in [-0.2, 0) is 11.3 Å². The van der Waals surface area contributed by atoms with Gasteiger partial charge in [0.05, 0.1) is 18.4 Å². The second-order valence-corrected chi connectivity index (χ2v) is 7.43. The first kappa shape index (κ1) is 20.7. The van der Waals surface area contributed by atoms with Gasteiger partial charge in [0, 0.05) is 12.2 Å². The summed E-state index contributed by atoms with van der Waals surface area (Å²) in [5.41, 5.74) is 3.88. The van der Waals surface area contributed by atoms with Crippen molar-refractivity contribution < 1.29 is 9.53 Å². The largest absolute Gasteiger partial charge is 0.496 e. The number of carbonyl (C=O) groups is 1. The molecule has 7 heteroatoms. The van der Waals surface area contributed by atoms with Gasteiger partial charge in [0.2, 0.25) is 5.91 Å². The lowest BCUT2D eigenvalue weighted by Crippen LogP contribution is -2.15. The second-order valence-electron chi connectivity index (χ2n) is 6.49. The first-order valence-electron chi connectivity index (χ1n) is 9.21. The van der Waals surface area contributed by atoms with Crippen molar-refractivity contribution in [1.82, 2.24) is 14.8 Å². The van der Waals surface area contributed by atoms with Crippen LogP contribution in [0.1, 0.15) is 11.1 Å². The van der Waals surface area contributed by atoms with E-state index in [-0.39, 0.29) is 11.7 Å². The minimum absolute atomic E-state index is 0.0873. The molecule has 6 nitrogen and oxygen atoms in total. The molecule has 150 valence electrons. The number of nitrogens with one attached hydrogen (secondary N) is 1. The number of nitrogens with zero attached hydrogens (tertiary/aromatic N) is 3. The summed E-state index contributed by atoms with van der Waals surface area (Å²) in [6.07, 6.45) is 1.78. The van der Waals surface area contributed by atoms with E-state index in [1.54, 1.807) is 13.2 Å². The highest BCUT2D eigenvalue weighted by atomic mass is 32.2. The monoisotopic (exact) mass is 408 g/mol. The van der Waals surface area contributed by atoms with Crippen LogP contribution in [0.15, 0.2) is 60.3 Å². The van der Waals surface area contributed by atoms with Gasteiger partial charge in [0.1, 0.15) is 5.75 Å². The molecule has 3 rings (SSSR count). The molecule has 0 fully saturated rings. The lowest BCUT2D eigenvalue weighted by atomic mass is 10.1. The summed E-state index contributed by atoms with van der Waals surface area (Å²) < 4.78 is 7.38. The van der Waals surface area contributed by atoms with Gasteiger partial charge in [-0.05, 0) is 43.2 Å². The van der Waals surface area contributed by atoms with Gasteiger partial charge in [0.25, 0.3) is 0 Å². The lowest BCUT2D eigenvalue weighted by Gasteiger charge is -2.11. The molecule has 1 N–H and O–H groups in total. The predicted octanol–water partition coefficient (Wildman–Crippen LogP) is 4.49. The number of ether oxygens (including phenoxy) is 1. The fourth-order valence-corrected chi connectivity index (χ4v) is 3.67. The van der Waals surface area contributed by atoms with E-state index < -0.39 is 0 Å². The Bertz CT molecular complexity index is 1030. The summed E-state index contributed by atoms with van der Waals surface area (Å²) in [6.45, 7) is 8.38. The highest BCUT2D eigenvalue weighted by molar-refractivity contribution is 7.99. The Kier molecular flexibility index (Phi) is 6.72. The molecular weight excluding hydrogens is 384 g/mol. The summed E-state index contributed by atoms with van der Waals surface area (Å²) in [5, 5.41) is 12.3. The van der Waals surface area contributed by atoms with Gasteiger partial charge >= 0.3 is 0 Å². The summed E-state index contributed by atoms with van der Waals surface area (Å²) in [4.78, 5) is 12.5. The second kappa shape index (κ2) is 9.43. The molecule has 0 radical (unpaired) electrons. The molecule has 2 aromatic carbocycles. The predicted molar refractivity (Wildman–Crippen MR) is 117 cm³/mol. The number of para-hydroxylation sites is 1. The number of rotatable bonds is 8. The molecule has 1 aromatic heterocycles. The van der Waals surface area contributed by atoms with E-state index in [0.29, 0.717) is 17.5 Å². The molecule has 0 saturated heterocycles. The third-order valence-corrected chi connectivity index (χ3v) is 5.55. The van der Waals surface area contributed by atoms with Crippen molar-refractivity contribution in [3.8, 4) is 17.1 Å². The smallest absolute Gasteiger partial charge is 0.234 e. The Morgan fingerprint density at radius 1 is 1.21 bits per heavy atom. The van der Waals surface area contributed by atoms with Gasteiger partial charge in [-0.3, -0.25) is 9.36 Å². The summed E-state index contributed by atoms with van der Waals surface area (Å²) in [7, 11) is 1.63. The number of hydrogen-bond acceptors (Lipinski definition) is 5. The highest BCUT2D eigenvalue weighted by Gasteiger charge is 2.17. The van der Waals surface area contributed by atoms with Crippen LogP contribution < -0.4 is 10.1 Å². The third-order valence-electron chi connectivity index (χ3n) is 4.59. The fraction of sp³-hybridized carbons (Fsp3) is 0.227. The molecule has 0 aliphatic rings.